The van der Waals surface area contributed by atoms with Crippen molar-refractivity contribution in [3.63, 3.8) is 0 Å². The lowest BCUT2D eigenvalue weighted by Crippen LogP contribution is -2.26. The SMILES string of the molecule is CC1=CC(=CC=CC2=[N+](C)c3ccc4ccccc4c3C2(C)C)C=C(C)O1. The molecule has 0 fully saturated rings. The van der Waals surface area contributed by atoms with Crippen LogP contribution in [0.1, 0.15) is 33.3 Å². The van der Waals surface area contributed by atoms with Crippen LogP contribution in [0.2, 0.25) is 0 Å². The number of nitrogens with zero attached hydrogens (tertiary/aromatic N) is 1. The van der Waals surface area contributed by atoms with E-state index >= 15 is 0 Å². The van der Waals surface area contributed by atoms with E-state index in [1.165, 1.54) is 27.7 Å². The van der Waals surface area contributed by atoms with Crippen molar-refractivity contribution in [2.24, 2.45) is 0 Å². The number of rotatable bonds is 2. The van der Waals surface area contributed by atoms with Crippen molar-refractivity contribution in [2.75, 3.05) is 7.05 Å². The molecule has 2 aromatic rings. The van der Waals surface area contributed by atoms with Crippen LogP contribution in [0.15, 0.2) is 83.9 Å². The van der Waals surface area contributed by atoms with E-state index in [4.69, 9.17) is 4.74 Å². The molecule has 2 aliphatic rings. The molecule has 0 atom stereocenters. The fourth-order valence-electron chi connectivity index (χ4n) is 4.36. The fraction of sp³-hybridized carbons (Fsp3) is 0.240. The molecule has 0 spiro atoms. The molecule has 2 heterocycles. The van der Waals surface area contributed by atoms with Gasteiger partial charge in [0.15, 0.2) is 5.71 Å². The largest absolute Gasteiger partial charge is 0.467 e. The van der Waals surface area contributed by atoms with Gasteiger partial charge in [-0.05, 0) is 62.3 Å². The maximum absolute atomic E-state index is 5.57. The second-order valence-electron chi connectivity index (χ2n) is 7.89. The maximum atomic E-state index is 5.57. The smallest absolute Gasteiger partial charge is 0.210 e. The molecule has 0 bridgehead atoms. The first-order chi connectivity index (χ1) is 12.9. The summed E-state index contributed by atoms with van der Waals surface area (Å²) < 4.78 is 7.90. The summed E-state index contributed by atoms with van der Waals surface area (Å²) in [5.41, 5.74) is 5.12. The van der Waals surface area contributed by atoms with Crippen LogP contribution < -0.4 is 0 Å². The molecule has 2 aromatic carbocycles. The van der Waals surface area contributed by atoms with Crippen molar-refractivity contribution in [1.82, 2.24) is 0 Å². The van der Waals surface area contributed by atoms with Gasteiger partial charge in [0.2, 0.25) is 5.69 Å². The van der Waals surface area contributed by atoms with E-state index in [1.54, 1.807) is 0 Å². The average molecular weight is 356 g/mol. The molecule has 0 saturated heterocycles. The van der Waals surface area contributed by atoms with E-state index in [2.05, 4.69) is 92.2 Å². The average Bonchev–Trinajstić information content (AvgIpc) is 2.81. The number of ether oxygens (including phenoxy) is 1. The Balaban J connectivity index is 1.75. The molecule has 0 radical (unpaired) electrons. The summed E-state index contributed by atoms with van der Waals surface area (Å²) in [6.45, 7) is 8.60. The summed E-state index contributed by atoms with van der Waals surface area (Å²) in [5.74, 6) is 1.86. The third kappa shape index (κ3) is 2.95. The zero-order valence-electron chi connectivity index (χ0n) is 16.7. The molecule has 0 aliphatic carbocycles. The van der Waals surface area contributed by atoms with Crippen molar-refractivity contribution in [3.8, 4) is 0 Å². The van der Waals surface area contributed by atoms with Gasteiger partial charge in [-0.3, -0.25) is 0 Å². The van der Waals surface area contributed by atoms with Gasteiger partial charge >= 0.3 is 0 Å². The highest BCUT2D eigenvalue weighted by Gasteiger charge is 2.43. The summed E-state index contributed by atoms with van der Waals surface area (Å²) in [7, 11) is 2.16. The predicted octanol–water partition coefficient (Wildman–Crippen LogP) is 6.17. The van der Waals surface area contributed by atoms with Gasteiger partial charge in [0.25, 0.3) is 0 Å². The van der Waals surface area contributed by atoms with Crippen LogP contribution in [-0.4, -0.2) is 17.3 Å². The zero-order valence-corrected chi connectivity index (χ0v) is 16.7. The van der Waals surface area contributed by atoms with Crippen molar-refractivity contribution >= 4 is 22.2 Å². The van der Waals surface area contributed by atoms with Gasteiger partial charge in [-0.2, -0.15) is 4.58 Å². The normalized spacial score (nSPS) is 18.5. The van der Waals surface area contributed by atoms with E-state index in [0.29, 0.717) is 0 Å². The Labute approximate surface area is 161 Å². The number of benzene rings is 2. The van der Waals surface area contributed by atoms with Gasteiger partial charge in [0, 0.05) is 17.7 Å². The highest BCUT2D eigenvalue weighted by atomic mass is 16.5. The number of hydrogen-bond donors (Lipinski definition) is 0. The topological polar surface area (TPSA) is 12.2 Å². The van der Waals surface area contributed by atoms with Gasteiger partial charge in [0.05, 0.1) is 5.41 Å². The molecule has 2 nitrogen and oxygen atoms in total. The van der Waals surface area contributed by atoms with Gasteiger partial charge in [0.1, 0.15) is 18.6 Å². The number of fused-ring (bicyclic) bond motifs is 3. The minimum Gasteiger partial charge on any atom is -0.467 e. The van der Waals surface area contributed by atoms with Crippen LogP contribution in [0.25, 0.3) is 10.8 Å². The van der Waals surface area contributed by atoms with Crippen LogP contribution in [0.5, 0.6) is 0 Å². The lowest BCUT2D eigenvalue weighted by molar-refractivity contribution is -0.401. The predicted molar refractivity (Wildman–Crippen MR) is 114 cm³/mol. The van der Waals surface area contributed by atoms with Gasteiger partial charge < -0.3 is 4.74 Å². The van der Waals surface area contributed by atoms with E-state index < -0.39 is 0 Å². The molecule has 0 N–H and O–H groups in total. The highest BCUT2D eigenvalue weighted by Crippen LogP contribution is 2.43. The first-order valence-electron chi connectivity index (χ1n) is 9.44. The van der Waals surface area contributed by atoms with Crippen molar-refractivity contribution in [3.05, 3.63) is 89.4 Å². The van der Waals surface area contributed by atoms with Crippen LogP contribution in [0, 0.1) is 0 Å². The Morgan fingerprint density at radius 2 is 1.67 bits per heavy atom. The molecule has 4 rings (SSSR count). The summed E-state index contributed by atoms with van der Waals surface area (Å²) >= 11 is 0. The van der Waals surface area contributed by atoms with Gasteiger partial charge in [-0.15, -0.1) is 0 Å². The van der Waals surface area contributed by atoms with Crippen LogP contribution >= 0.6 is 0 Å². The third-order valence-corrected chi connectivity index (χ3v) is 5.50. The summed E-state index contributed by atoms with van der Waals surface area (Å²) in [6, 6.07) is 13.1. The lowest BCUT2D eigenvalue weighted by Gasteiger charge is -2.17. The van der Waals surface area contributed by atoms with Gasteiger partial charge in [-0.25, -0.2) is 0 Å². The minimum atomic E-state index is -0.0485. The molecule has 0 saturated carbocycles. The van der Waals surface area contributed by atoms with E-state index in [1.807, 2.05) is 13.8 Å². The van der Waals surface area contributed by atoms with E-state index in [0.717, 1.165) is 17.1 Å². The quantitative estimate of drug-likeness (QED) is 0.586. The molecule has 0 unspecified atom stereocenters. The minimum absolute atomic E-state index is 0.0485. The van der Waals surface area contributed by atoms with Gasteiger partial charge in [-0.1, -0.05) is 36.4 Å². The van der Waals surface area contributed by atoms with E-state index in [-0.39, 0.29) is 5.41 Å². The second kappa shape index (κ2) is 6.38. The second-order valence-corrected chi connectivity index (χ2v) is 7.89. The molecule has 27 heavy (non-hydrogen) atoms. The number of allylic oxidation sites excluding steroid dienone is 8. The Hall–Kier alpha value is -2.87. The molecule has 136 valence electrons. The van der Waals surface area contributed by atoms with Crippen LogP contribution in [0.4, 0.5) is 5.69 Å². The summed E-state index contributed by atoms with van der Waals surface area (Å²) in [4.78, 5) is 0. The van der Waals surface area contributed by atoms with Crippen LogP contribution in [0.3, 0.4) is 0 Å². The zero-order chi connectivity index (χ0) is 19.2. The first kappa shape index (κ1) is 17.5. The molecule has 0 aromatic heterocycles. The molecule has 0 amide bonds. The number of hydrogen-bond acceptors (Lipinski definition) is 1. The monoisotopic (exact) mass is 356 g/mol. The van der Waals surface area contributed by atoms with Crippen molar-refractivity contribution in [1.29, 1.82) is 0 Å². The lowest BCUT2D eigenvalue weighted by atomic mass is 9.79. The van der Waals surface area contributed by atoms with E-state index in [9.17, 15) is 0 Å². The third-order valence-electron chi connectivity index (χ3n) is 5.50. The van der Waals surface area contributed by atoms with Crippen LogP contribution in [-0.2, 0) is 10.2 Å². The Morgan fingerprint density at radius 1 is 0.963 bits per heavy atom. The molecule has 2 heteroatoms. The Kier molecular flexibility index (Phi) is 4.15. The summed E-state index contributed by atoms with van der Waals surface area (Å²) in [5, 5.41) is 2.64. The molecular formula is C25H26NO+. The Morgan fingerprint density at radius 3 is 2.41 bits per heavy atom. The standard InChI is InChI=1S/C25H26NO/c1-17-15-19(16-18(2)27-17)9-8-12-23-25(3,4)24-21-11-7-6-10-20(21)13-14-22(24)26(23)5/h6-16H,1-5H3/q+1. The van der Waals surface area contributed by atoms with Crippen molar-refractivity contribution in [2.45, 2.75) is 33.1 Å². The fourth-order valence-corrected chi connectivity index (χ4v) is 4.36. The maximum Gasteiger partial charge on any atom is 0.210 e. The molecule has 2 aliphatic heterocycles. The Bertz CT molecular complexity index is 1070. The molecular weight excluding hydrogens is 330 g/mol. The van der Waals surface area contributed by atoms with Crippen molar-refractivity contribution < 1.29 is 9.31 Å². The highest BCUT2D eigenvalue weighted by molar-refractivity contribution is 6.07. The first-order valence-corrected chi connectivity index (χ1v) is 9.44. The summed E-state index contributed by atoms with van der Waals surface area (Å²) in [6.07, 6.45) is 10.7.